The standard InChI is InChI=1S/C20H18N2O7S/c1-26-13-7-12(8-14(10-13)27-2)18-21-22-20(29-18)30-16(19(24)25)9-11-5-4-6-15(28-3)17(11)23/h4-10,23H,1-3H3,(H,24,25)/b16-9-. The van der Waals surface area contributed by atoms with E-state index >= 15 is 0 Å². The molecule has 30 heavy (non-hydrogen) atoms. The largest absolute Gasteiger partial charge is 0.504 e. The maximum atomic E-state index is 11.7. The van der Waals surface area contributed by atoms with Gasteiger partial charge in [0, 0.05) is 17.2 Å². The maximum Gasteiger partial charge on any atom is 0.342 e. The van der Waals surface area contributed by atoms with Gasteiger partial charge in [0.2, 0.25) is 5.89 Å². The fourth-order valence-corrected chi connectivity index (χ4v) is 3.15. The molecule has 3 aromatic rings. The van der Waals surface area contributed by atoms with E-state index in [0.29, 0.717) is 17.1 Å². The van der Waals surface area contributed by atoms with Crippen molar-refractivity contribution in [1.82, 2.24) is 10.2 Å². The van der Waals surface area contributed by atoms with Crippen LogP contribution < -0.4 is 14.2 Å². The number of phenolic OH excluding ortho intramolecular Hbond substituents is 1. The summed E-state index contributed by atoms with van der Waals surface area (Å²) in [6.07, 6.45) is 1.29. The van der Waals surface area contributed by atoms with Gasteiger partial charge in [0.15, 0.2) is 11.5 Å². The van der Waals surface area contributed by atoms with Crippen LogP contribution in [0.3, 0.4) is 0 Å². The minimum absolute atomic E-state index is 0.0165. The van der Waals surface area contributed by atoms with Crippen LogP contribution in [-0.4, -0.2) is 47.7 Å². The summed E-state index contributed by atoms with van der Waals surface area (Å²) >= 11 is 0.756. The number of methoxy groups -OCH3 is 3. The maximum absolute atomic E-state index is 11.7. The van der Waals surface area contributed by atoms with E-state index in [-0.39, 0.29) is 33.1 Å². The number of aromatic hydroxyl groups is 1. The highest BCUT2D eigenvalue weighted by Crippen LogP contribution is 2.36. The van der Waals surface area contributed by atoms with Crippen LogP contribution in [-0.2, 0) is 4.79 Å². The van der Waals surface area contributed by atoms with Gasteiger partial charge in [0.1, 0.15) is 16.4 Å². The lowest BCUT2D eigenvalue weighted by atomic mass is 10.1. The van der Waals surface area contributed by atoms with Gasteiger partial charge in [-0.3, -0.25) is 0 Å². The Labute approximate surface area is 175 Å². The Kier molecular flexibility index (Phi) is 6.48. The van der Waals surface area contributed by atoms with Crippen molar-refractivity contribution in [3.05, 3.63) is 46.9 Å². The number of hydrogen-bond donors (Lipinski definition) is 2. The molecule has 0 atom stereocenters. The van der Waals surface area contributed by atoms with Gasteiger partial charge in [-0.15, -0.1) is 10.2 Å². The Morgan fingerprint density at radius 2 is 1.77 bits per heavy atom. The zero-order valence-electron chi connectivity index (χ0n) is 16.3. The lowest BCUT2D eigenvalue weighted by molar-refractivity contribution is -0.131. The number of phenols is 1. The smallest absolute Gasteiger partial charge is 0.342 e. The van der Waals surface area contributed by atoms with Gasteiger partial charge >= 0.3 is 5.97 Å². The van der Waals surface area contributed by atoms with E-state index < -0.39 is 5.97 Å². The third-order valence-corrected chi connectivity index (χ3v) is 4.80. The van der Waals surface area contributed by atoms with Gasteiger partial charge in [-0.05, 0) is 36.0 Å². The quantitative estimate of drug-likeness (QED) is 0.404. The van der Waals surface area contributed by atoms with Crippen molar-refractivity contribution < 1.29 is 33.6 Å². The average molecular weight is 430 g/mol. The second-order valence-corrected chi connectivity index (χ2v) is 6.78. The van der Waals surface area contributed by atoms with Crippen molar-refractivity contribution in [2.45, 2.75) is 5.22 Å². The number of carbonyl (C=O) groups is 1. The van der Waals surface area contributed by atoms with E-state index in [4.69, 9.17) is 18.6 Å². The molecule has 0 unspecified atom stereocenters. The second-order valence-electron chi connectivity index (χ2n) is 5.79. The van der Waals surface area contributed by atoms with E-state index in [0.717, 1.165) is 11.8 Å². The van der Waals surface area contributed by atoms with Crippen molar-refractivity contribution in [2.75, 3.05) is 21.3 Å². The molecule has 1 aromatic heterocycles. The molecule has 0 radical (unpaired) electrons. The molecular formula is C20H18N2O7S. The van der Waals surface area contributed by atoms with Gasteiger partial charge in [0.25, 0.3) is 5.22 Å². The van der Waals surface area contributed by atoms with Crippen LogP contribution in [0, 0.1) is 0 Å². The number of rotatable bonds is 8. The minimum atomic E-state index is -1.22. The first-order valence-corrected chi connectivity index (χ1v) is 9.32. The van der Waals surface area contributed by atoms with Crippen molar-refractivity contribution in [1.29, 1.82) is 0 Å². The molecule has 9 nitrogen and oxygen atoms in total. The molecule has 0 saturated heterocycles. The predicted octanol–water partition coefficient (Wildman–Crippen LogP) is 3.69. The molecule has 0 aliphatic rings. The number of thioether (sulfide) groups is 1. The third kappa shape index (κ3) is 4.66. The molecule has 0 spiro atoms. The highest BCUT2D eigenvalue weighted by atomic mass is 32.2. The molecule has 0 aliphatic heterocycles. The molecule has 10 heteroatoms. The first-order chi connectivity index (χ1) is 14.4. The minimum Gasteiger partial charge on any atom is -0.504 e. The van der Waals surface area contributed by atoms with Crippen LogP contribution >= 0.6 is 11.8 Å². The molecule has 0 bridgehead atoms. The van der Waals surface area contributed by atoms with Crippen LogP contribution in [0.15, 0.2) is 50.9 Å². The fourth-order valence-electron chi connectivity index (χ4n) is 2.49. The van der Waals surface area contributed by atoms with E-state index in [2.05, 4.69) is 10.2 Å². The van der Waals surface area contributed by atoms with Crippen LogP contribution in [0.1, 0.15) is 5.56 Å². The highest BCUT2D eigenvalue weighted by molar-refractivity contribution is 8.03. The second kappa shape index (κ2) is 9.23. The zero-order valence-corrected chi connectivity index (χ0v) is 17.1. The summed E-state index contributed by atoms with van der Waals surface area (Å²) < 4.78 is 21.1. The summed E-state index contributed by atoms with van der Waals surface area (Å²) in [6.45, 7) is 0. The summed E-state index contributed by atoms with van der Waals surface area (Å²) in [4.78, 5) is 11.6. The van der Waals surface area contributed by atoms with Crippen LogP contribution in [0.2, 0.25) is 0 Å². The Hall–Kier alpha value is -3.66. The average Bonchev–Trinajstić information content (AvgIpc) is 3.22. The molecule has 3 rings (SSSR count). The van der Waals surface area contributed by atoms with E-state index in [9.17, 15) is 15.0 Å². The Bertz CT molecular complexity index is 1070. The van der Waals surface area contributed by atoms with Crippen molar-refractivity contribution in [3.8, 4) is 34.5 Å². The normalized spacial score (nSPS) is 11.2. The van der Waals surface area contributed by atoms with Crippen molar-refractivity contribution in [3.63, 3.8) is 0 Å². The lowest BCUT2D eigenvalue weighted by Gasteiger charge is -2.06. The van der Waals surface area contributed by atoms with E-state index in [1.807, 2.05) is 0 Å². The number of hydrogen-bond acceptors (Lipinski definition) is 9. The molecule has 0 saturated carbocycles. The third-order valence-electron chi connectivity index (χ3n) is 3.95. The molecule has 0 amide bonds. The summed E-state index contributed by atoms with van der Waals surface area (Å²) in [6, 6.07) is 9.83. The molecule has 2 N–H and O–H groups in total. The molecule has 0 aliphatic carbocycles. The molecular weight excluding hydrogens is 412 g/mol. The molecule has 0 fully saturated rings. The Morgan fingerprint density at radius 3 is 2.37 bits per heavy atom. The Morgan fingerprint density at radius 1 is 1.07 bits per heavy atom. The topological polar surface area (TPSA) is 124 Å². The number of aliphatic carboxylic acids is 1. The van der Waals surface area contributed by atoms with Gasteiger partial charge in [-0.25, -0.2) is 4.79 Å². The number of aromatic nitrogens is 2. The number of para-hydroxylation sites is 1. The lowest BCUT2D eigenvalue weighted by Crippen LogP contribution is -1.97. The summed E-state index contributed by atoms with van der Waals surface area (Å²) in [7, 11) is 4.44. The van der Waals surface area contributed by atoms with Crippen molar-refractivity contribution >= 4 is 23.8 Å². The SMILES string of the molecule is COc1cc(OC)cc(-c2nnc(S/C(=C\c3cccc(OC)c3O)C(=O)O)o2)c1. The van der Waals surface area contributed by atoms with Crippen molar-refractivity contribution in [2.24, 2.45) is 0 Å². The number of nitrogens with zero attached hydrogens (tertiary/aromatic N) is 2. The van der Waals surface area contributed by atoms with Gasteiger partial charge in [0.05, 0.1) is 21.3 Å². The molecule has 2 aromatic carbocycles. The van der Waals surface area contributed by atoms with E-state index in [1.54, 1.807) is 36.4 Å². The van der Waals surface area contributed by atoms with Gasteiger partial charge in [-0.2, -0.15) is 0 Å². The first-order valence-electron chi connectivity index (χ1n) is 8.51. The van der Waals surface area contributed by atoms with Crippen LogP contribution in [0.25, 0.3) is 17.5 Å². The summed E-state index contributed by atoms with van der Waals surface area (Å²) in [5.41, 5.74) is 0.827. The summed E-state index contributed by atoms with van der Waals surface area (Å²) in [5, 5.41) is 27.6. The monoisotopic (exact) mass is 430 g/mol. The zero-order chi connectivity index (χ0) is 21.7. The highest BCUT2D eigenvalue weighted by Gasteiger charge is 2.18. The molecule has 1 heterocycles. The van der Waals surface area contributed by atoms with Crippen LogP contribution in [0.5, 0.6) is 23.0 Å². The fraction of sp³-hybridized carbons (Fsp3) is 0.150. The predicted molar refractivity (Wildman–Crippen MR) is 109 cm³/mol. The van der Waals surface area contributed by atoms with Gasteiger partial charge in [-0.1, -0.05) is 12.1 Å². The van der Waals surface area contributed by atoms with Crippen LogP contribution in [0.4, 0.5) is 0 Å². The van der Waals surface area contributed by atoms with Gasteiger partial charge < -0.3 is 28.8 Å². The molecule has 156 valence electrons. The number of carboxylic acids is 1. The number of carboxylic acid groups (broad SMARTS) is 1. The Balaban J connectivity index is 1.90. The first kappa shape index (κ1) is 21.1. The number of ether oxygens (including phenoxy) is 3. The number of benzene rings is 2. The van der Waals surface area contributed by atoms with E-state index in [1.165, 1.54) is 27.4 Å². The summed E-state index contributed by atoms with van der Waals surface area (Å²) in [5.74, 6) is 0.0843.